The molecule has 0 aliphatic heterocycles. The number of hydrogen-bond acceptors (Lipinski definition) is 2. The Kier molecular flexibility index (Phi) is 2.17. The van der Waals surface area contributed by atoms with Gasteiger partial charge in [-0.05, 0) is 6.92 Å². The van der Waals surface area contributed by atoms with Crippen molar-refractivity contribution in [3.63, 3.8) is 0 Å². The summed E-state index contributed by atoms with van der Waals surface area (Å²) in [5.74, 6) is 0.645. The van der Waals surface area contributed by atoms with Crippen molar-refractivity contribution in [2.45, 2.75) is 6.92 Å². The number of aryl methyl sites for hydroxylation is 1. The SMILES string of the molecule is CCOc1cnn(C)c1Cl. The van der Waals surface area contributed by atoms with Crippen LogP contribution in [0, 0.1) is 0 Å². The number of aromatic nitrogens is 2. The van der Waals surface area contributed by atoms with Crippen LogP contribution in [0.1, 0.15) is 6.92 Å². The maximum atomic E-state index is 5.76. The van der Waals surface area contributed by atoms with E-state index in [1.165, 1.54) is 0 Å². The van der Waals surface area contributed by atoms with Crippen molar-refractivity contribution in [1.82, 2.24) is 9.78 Å². The summed E-state index contributed by atoms with van der Waals surface area (Å²) in [7, 11) is 1.77. The third-order valence-electron chi connectivity index (χ3n) is 1.14. The Morgan fingerprint density at radius 3 is 2.90 bits per heavy atom. The maximum Gasteiger partial charge on any atom is 0.176 e. The molecule has 0 unspecified atom stereocenters. The highest BCUT2D eigenvalue weighted by atomic mass is 35.5. The minimum absolute atomic E-state index is 0.543. The lowest BCUT2D eigenvalue weighted by Crippen LogP contribution is -1.92. The fourth-order valence-corrected chi connectivity index (χ4v) is 0.802. The zero-order chi connectivity index (χ0) is 7.56. The fourth-order valence-electron chi connectivity index (χ4n) is 0.655. The second-order valence-electron chi connectivity index (χ2n) is 1.86. The van der Waals surface area contributed by atoms with Crippen LogP contribution in [0.5, 0.6) is 5.75 Å². The highest BCUT2D eigenvalue weighted by Crippen LogP contribution is 2.21. The predicted molar refractivity (Wildman–Crippen MR) is 39.4 cm³/mol. The largest absolute Gasteiger partial charge is 0.489 e. The van der Waals surface area contributed by atoms with Crippen molar-refractivity contribution in [1.29, 1.82) is 0 Å². The zero-order valence-electron chi connectivity index (χ0n) is 5.97. The van der Waals surface area contributed by atoms with Crippen LogP contribution < -0.4 is 4.74 Å². The van der Waals surface area contributed by atoms with Gasteiger partial charge in [0, 0.05) is 7.05 Å². The van der Waals surface area contributed by atoms with Crippen LogP contribution in [0.15, 0.2) is 6.20 Å². The van der Waals surface area contributed by atoms with E-state index >= 15 is 0 Å². The number of halogens is 1. The Balaban J connectivity index is 2.83. The third-order valence-corrected chi connectivity index (χ3v) is 1.57. The van der Waals surface area contributed by atoms with Gasteiger partial charge in [0.2, 0.25) is 0 Å². The molecule has 0 atom stereocenters. The van der Waals surface area contributed by atoms with E-state index in [1.54, 1.807) is 17.9 Å². The average Bonchev–Trinajstić information content (AvgIpc) is 2.20. The van der Waals surface area contributed by atoms with Crippen molar-refractivity contribution in [3.05, 3.63) is 11.3 Å². The van der Waals surface area contributed by atoms with Gasteiger partial charge < -0.3 is 4.74 Å². The fraction of sp³-hybridized carbons (Fsp3) is 0.500. The molecule has 1 aromatic rings. The van der Waals surface area contributed by atoms with Crippen LogP contribution in [0.25, 0.3) is 0 Å². The monoisotopic (exact) mass is 160 g/mol. The Morgan fingerprint density at radius 1 is 1.80 bits per heavy atom. The molecule has 0 saturated carbocycles. The van der Waals surface area contributed by atoms with E-state index in [0.717, 1.165) is 0 Å². The summed E-state index contributed by atoms with van der Waals surface area (Å²) in [5.41, 5.74) is 0. The van der Waals surface area contributed by atoms with Gasteiger partial charge in [0.25, 0.3) is 0 Å². The van der Waals surface area contributed by atoms with Crippen molar-refractivity contribution < 1.29 is 4.74 Å². The first-order valence-electron chi connectivity index (χ1n) is 3.06. The first-order valence-corrected chi connectivity index (χ1v) is 3.43. The normalized spacial score (nSPS) is 9.90. The number of nitrogens with zero attached hydrogens (tertiary/aromatic N) is 2. The molecule has 0 spiro atoms. The molecule has 0 radical (unpaired) electrons. The molecule has 0 N–H and O–H groups in total. The lowest BCUT2D eigenvalue weighted by Gasteiger charge is -1.97. The first kappa shape index (κ1) is 7.41. The summed E-state index contributed by atoms with van der Waals surface area (Å²) < 4.78 is 6.70. The summed E-state index contributed by atoms with van der Waals surface area (Å²) in [6, 6.07) is 0. The van der Waals surface area contributed by atoms with Gasteiger partial charge in [-0.25, -0.2) is 0 Å². The van der Waals surface area contributed by atoms with Crippen LogP contribution in [0.3, 0.4) is 0 Å². The van der Waals surface area contributed by atoms with Gasteiger partial charge in [0.05, 0.1) is 12.8 Å². The molecule has 1 rings (SSSR count). The second-order valence-corrected chi connectivity index (χ2v) is 2.21. The predicted octanol–water partition coefficient (Wildman–Crippen LogP) is 1.47. The number of ether oxygens (including phenoxy) is 1. The lowest BCUT2D eigenvalue weighted by atomic mass is 10.6. The molecule has 56 valence electrons. The third kappa shape index (κ3) is 1.24. The van der Waals surface area contributed by atoms with Crippen molar-refractivity contribution in [2.24, 2.45) is 7.05 Å². The van der Waals surface area contributed by atoms with Gasteiger partial charge in [-0.2, -0.15) is 5.10 Å². The smallest absolute Gasteiger partial charge is 0.176 e. The maximum absolute atomic E-state index is 5.76. The van der Waals surface area contributed by atoms with E-state index < -0.39 is 0 Å². The Hall–Kier alpha value is -0.700. The van der Waals surface area contributed by atoms with Gasteiger partial charge in [-0.3, -0.25) is 4.68 Å². The van der Waals surface area contributed by atoms with E-state index in [-0.39, 0.29) is 0 Å². The standard InChI is InChI=1S/C6H9ClN2O/c1-3-10-5-4-8-9(2)6(5)7/h4H,3H2,1-2H3. The van der Waals surface area contributed by atoms with Gasteiger partial charge in [0.1, 0.15) is 0 Å². The minimum atomic E-state index is 0.543. The van der Waals surface area contributed by atoms with Crippen molar-refractivity contribution in [2.75, 3.05) is 6.61 Å². The molecule has 0 bridgehead atoms. The van der Waals surface area contributed by atoms with Gasteiger partial charge in [-0.1, -0.05) is 11.6 Å². The molecule has 1 aromatic heterocycles. The zero-order valence-corrected chi connectivity index (χ0v) is 6.72. The van der Waals surface area contributed by atoms with Gasteiger partial charge in [-0.15, -0.1) is 0 Å². The molecular weight excluding hydrogens is 152 g/mol. The molecule has 3 nitrogen and oxygen atoms in total. The molecule has 0 fully saturated rings. The first-order chi connectivity index (χ1) is 4.75. The Bertz CT molecular complexity index is 222. The molecule has 0 amide bonds. The molecule has 0 saturated heterocycles. The molecule has 0 aliphatic rings. The second kappa shape index (κ2) is 2.92. The summed E-state index contributed by atoms with van der Waals surface area (Å²) >= 11 is 5.76. The summed E-state index contributed by atoms with van der Waals surface area (Å²) in [4.78, 5) is 0. The van der Waals surface area contributed by atoms with Crippen molar-refractivity contribution in [3.8, 4) is 5.75 Å². The lowest BCUT2D eigenvalue weighted by molar-refractivity contribution is 0.340. The summed E-state index contributed by atoms with van der Waals surface area (Å²) in [5, 5.41) is 4.44. The molecule has 1 heterocycles. The molecular formula is C6H9ClN2O. The topological polar surface area (TPSA) is 27.1 Å². The van der Waals surface area contributed by atoms with E-state index in [4.69, 9.17) is 16.3 Å². The van der Waals surface area contributed by atoms with Gasteiger partial charge in [0.15, 0.2) is 10.9 Å². The summed E-state index contributed by atoms with van der Waals surface area (Å²) in [6.45, 7) is 2.52. The van der Waals surface area contributed by atoms with Crippen LogP contribution in [-0.4, -0.2) is 16.4 Å². The van der Waals surface area contributed by atoms with E-state index in [0.29, 0.717) is 17.5 Å². The molecule has 4 heteroatoms. The average molecular weight is 161 g/mol. The summed E-state index contributed by atoms with van der Waals surface area (Å²) in [6.07, 6.45) is 1.60. The highest BCUT2D eigenvalue weighted by molar-refractivity contribution is 6.30. The van der Waals surface area contributed by atoms with E-state index in [2.05, 4.69) is 5.10 Å². The van der Waals surface area contributed by atoms with Crippen LogP contribution in [-0.2, 0) is 7.05 Å². The molecule has 0 aromatic carbocycles. The number of rotatable bonds is 2. The highest BCUT2D eigenvalue weighted by Gasteiger charge is 2.04. The minimum Gasteiger partial charge on any atom is -0.489 e. The van der Waals surface area contributed by atoms with E-state index in [1.807, 2.05) is 6.92 Å². The molecule has 10 heavy (non-hydrogen) atoms. The Morgan fingerprint density at radius 2 is 2.50 bits per heavy atom. The van der Waals surface area contributed by atoms with Crippen molar-refractivity contribution >= 4 is 11.6 Å². The van der Waals surface area contributed by atoms with Gasteiger partial charge >= 0.3 is 0 Å². The van der Waals surface area contributed by atoms with Crippen LogP contribution in [0.4, 0.5) is 0 Å². The van der Waals surface area contributed by atoms with E-state index in [9.17, 15) is 0 Å². The van der Waals surface area contributed by atoms with Crippen LogP contribution in [0.2, 0.25) is 5.15 Å². The molecule has 0 aliphatic carbocycles. The quantitative estimate of drug-likeness (QED) is 0.655. The number of hydrogen-bond donors (Lipinski definition) is 0. The van der Waals surface area contributed by atoms with Crippen LogP contribution >= 0.6 is 11.6 Å². The Labute approximate surface area is 64.6 Å².